The molecule has 3 aromatic rings. The van der Waals surface area contributed by atoms with Crippen molar-refractivity contribution in [3.63, 3.8) is 0 Å². The number of nitrogens with zero attached hydrogens (tertiary/aromatic N) is 1. The van der Waals surface area contributed by atoms with Crippen molar-refractivity contribution in [2.45, 2.75) is 44.2 Å². The van der Waals surface area contributed by atoms with Crippen molar-refractivity contribution in [1.82, 2.24) is 4.90 Å². The molecule has 4 heteroatoms. The van der Waals surface area contributed by atoms with Crippen molar-refractivity contribution in [3.8, 4) is 16.9 Å². The Bertz CT molecular complexity index is 1250. The number of methoxy groups -OCH3 is 1. The minimum absolute atomic E-state index is 0.0897. The summed E-state index contributed by atoms with van der Waals surface area (Å²) in [5.74, 6) is 0.966. The number of carbonyl (C=O) groups excluding carboxylic acids is 1. The molecule has 0 N–H and O–H groups in total. The maximum atomic E-state index is 13.3. The highest BCUT2D eigenvalue weighted by atomic mass is 16.6. The molecular formula is C30H29NO3. The zero-order valence-corrected chi connectivity index (χ0v) is 19.7. The third-order valence-corrected chi connectivity index (χ3v) is 7.72. The minimum atomic E-state index is -0.184. The molecule has 2 atom stereocenters. The number of fused-ring (bicyclic) bond motifs is 5. The van der Waals surface area contributed by atoms with Crippen LogP contribution in [0.1, 0.15) is 47.4 Å². The summed E-state index contributed by atoms with van der Waals surface area (Å²) in [7, 11) is 1.70. The first kappa shape index (κ1) is 21.0. The van der Waals surface area contributed by atoms with Gasteiger partial charge in [0.05, 0.1) is 13.2 Å². The van der Waals surface area contributed by atoms with Crippen LogP contribution in [-0.2, 0) is 4.74 Å². The van der Waals surface area contributed by atoms with Crippen LogP contribution in [0.25, 0.3) is 16.7 Å². The predicted octanol–water partition coefficient (Wildman–Crippen LogP) is 6.57. The highest BCUT2D eigenvalue weighted by Gasteiger charge is 2.41. The Balaban J connectivity index is 1.20. The lowest BCUT2D eigenvalue weighted by molar-refractivity contribution is 0.0866. The molecule has 3 aliphatic rings. The maximum Gasteiger partial charge on any atom is 0.410 e. The number of aryl methyl sites for hydroxylation is 1. The maximum absolute atomic E-state index is 13.3. The Hall–Kier alpha value is -3.53. The summed E-state index contributed by atoms with van der Waals surface area (Å²) >= 11 is 0. The van der Waals surface area contributed by atoms with E-state index in [-0.39, 0.29) is 24.1 Å². The normalized spacial score (nSPS) is 20.5. The van der Waals surface area contributed by atoms with Gasteiger partial charge in [-0.25, -0.2) is 4.79 Å². The van der Waals surface area contributed by atoms with Crippen molar-refractivity contribution >= 4 is 11.7 Å². The summed E-state index contributed by atoms with van der Waals surface area (Å²) < 4.78 is 11.4. The van der Waals surface area contributed by atoms with Gasteiger partial charge in [-0.1, -0.05) is 60.7 Å². The van der Waals surface area contributed by atoms with E-state index >= 15 is 0 Å². The molecule has 1 aliphatic carbocycles. The fourth-order valence-corrected chi connectivity index (χ4v) is 6.11. The van der Waals surface area contributed by atoms with Crippen LogP contribution in [0.5, 0.6) is 5.75 Å². The summed E-state index contributed by atoms with van der Waals surface area (Å²) in [4.78, 5) is 15.3. The molecule has 0 aromatic heterocycles. The first-order valence-electron chi connectivity index (χ1n) is 12.1. The summed E-state index contributed by atoms with van der Waals surface area (Å²) in [6.45, 7) is 2.50. The van der Waals surface area contributed by atoms with Gasteiger partial charge < -0.3 is 9.47 Å². The Morgan fingerprint density at radius 3 is 2.29 bits per heavy atom. The van der Waals surface area contributed by atoms with Gasteiger partial charge in [0.15, 0.2) is 0 Å². The second kappa shape index (κ2) is 8.35. The lowest BCUT2D eigenvalue weighted by Gasteiger charge is -2.34. The first-order chi connectivity index (χ1) is 16.6. The number of hydrogen-bond acceptors (Lipinski definition) is 3. The number of benzene rings is 3. The monoisotopic (exact) mass is 451 g/mol. The van der Waals surface area contributed by atoms with Gasteiger partial charge in [0.25, 0.3) is 0 Å². The molecule has 4 nitrogen and oxygen atoms in total. The molecule has 0 spiro atoms. The summed E-state index contributed by atoms with van der Waals surface area (Å²) in [5.41, 5.74) is 8.78. The summed E-state index contributed by atoms with van der Waals surface area (Å²) in [6, 6.07) is 23.5. The van der Waals surface area contributed by atoms with E-state index in [1.807, 2.05) is 11.0 Å². The van der Waals surface area contributed by atoms with Crippen LogP contribution in [0.2, 0.25) is 0 Å². The second-order valence-electron chi connectivity index (χ2n) is 9.59. The molecular weight excluding hydrogens is 422 g/mol. The Morgan fingerprint density at radius 2 is 1.65 bits per heavy atom. The fraction of sp³-hybridized carbons (Fsp3) is 0.300. The van der Waals surface area contributed by atoms with Gasteiger partial charge in [0, 0.05) is 12.0 Å². The molecule has 3 aromatic carbocycles. The van der Waals surface area contributed by atoms with E-state index in [2.05, 4.69) is 73.7 Å². The van der Waals surface area contributed by atoms with Crippen LogP contribution in [0.4, 0.5) is 4.79 Å². The number of hydrogen-bond donors (Lipinski definition) is 0. The number of rotatable bonds is 4. The molecule has 172 valence electrons. The van der Waals surface area contributed by atoms with Gasteiger partial charge in [0.2, 0.25) is 0 Å². The van der Waals surface area contributed by atoms with E-state index in [9.17, 15) is 4.79 Å². The topological polar surface area (TPSA) is 38.8 Å². The van der Waals surface area contributed by atoms with Gasteiger partial charge in [-0.3, -0.25) is 4.90 Å². The molecule has 0 saturated carbocycles. The molecule has 6 rings (SSSR count). The third kappa shape index (κ3) is 3.40. The predicted molar refractivity (Wildman–Crippen MR) is 134 cm³/mol. The minimum Gasteiger partial charge on any atom is -0.497 e. The zero-order chi connectivity index (χ0) is 23.2. The molecule has 2 bridgehead atoms. The third-order valence-electron chi connectivity index (χ3n) is 7.72. The lowest BCUT2D eigenvalue weighted by atomic mass is 9.92. The van der Waals surface area contributed by atoms with Crippen molar-refractivity contribution in [1.29, 1.82) is 0 Å². The van der Waals surface area contributed by atoms with Crippen LogP contribution >= 0.6 is 0 Å². The largest absolute Gasteiger partial charge is 0.497 e. The smallest absolute Gasteiger partial charge is 0.410 e. The van der Waals surface area contributed by atoms with Gasteiger partial charge in [-0.05, 0) is 77.3 Å². The molecule has 2 heterocycles. The van der Waals surface area contributed by atoms with Crippen molar-refractivity contribution in [2.24, 2.45) is 0 Å². The second-order valence-corrected chi connectivity index (χ2v) is 9.59. The molecule has 1 fully saturated rings. The Morgan fingerprint density at radius 1 is 0.941 bits per heavy atom. The zero-order valence-electron chi connectivity index (χ0n) is 19.7. The van der Waals surface area contributed by atoms with Gasteiger partial charge >= 0.3 is 6.09 Å². The van der Waals surface area contributed by atoms with E-state index in [4.69, 9.17) is 9.47 Å². The Labute approximate surface area is 200 Å². The molecule has 1 saturated heterocycles. The average Bonchev–Trinajstić information content (AvgIpc) is 3.33. The standard InChI is InChI=1S/C30H29NO3/c1-19-15-23(33-2)13-14-24(19)20-16-21-11-12-22(17-20)31(21)30(32)34-18-29-27-9-5-3-7-25(27)26-8-4-6-10-28(26)29/h3-10,13-16,21-22,29H,11-12,17-18H2,1-2H3. The van der Waals surface area contributed by atoms with Crippen LogP contribution in [0.3, 0.4) is 0 Å². The SMILES string of the molecule is COc1ccc(C2=CC3CCC(C2)N3C(=O)OCC2c3ccccc3-c3ccccc32)c(C)c1. The average molecular weight is 452 g/mol. The van der Waals surface area contributed by atoms with Crippen molar-refractivity contribution < 1.29 is 14.3 Å². The summed E-state index contributed by atoms with van der Waals surface area (Å²) in [6.07, 6.45) is 4.97. The summed E-state index contributed by atoms with van der Waals surface area (Å²) in [5, 5.41) is 0. The first-order valence-corrected chi connectivity index (χ1v) is 12.1. The molecule has 0 radical (unpaired) electrons. The highest BCUT2D eigenvalue weighted by Crippen LogP contribution is 2.45. The highest BCUT2D eigenvalue weighted by molar-refractivity contribution is 5.79. The van der Waals surface area contributed by atoms with Crippen molar-refractivity contribution in [3.05, 3.63) is 95.1 Å². The lowest BCUT2D eigenvalue weighted by Crippen LogP contribution is -2.43. The van der Waals surface area contributed by atoms with Gasteiger partial charge in [-0.15, -0.1) is 0 Å². The molecule has 34 heavy (non-hydrogen) atoms. The van der Waals surface area contributed by atoms with Crippen LogP contribution in [0.15, 0.2) is 72.8 Å². The number of carbonyl (C=O) groups is 1. The van der Waals surface area contributed by atoms with E-state index in [1.165, 1.54) is 39.0 Å². The molecule has 1 amide bonds. The van der Waals surface area contributed by atoms with E-state index in [0.29, 0.717) is 6.61 Å². The number of amides is 1. The van der Waals surface area contributed by atoms with E-state index in [1.54, 1.807) is 7.11 Å². The van der Waals surface area contributed by atoms with Crippen LogP contribution in [0, 0.1) is 6.92 Å². The Kier molecular flexibility index (Phi) is 5.17. The van der Waals surface area contributed by atoms with Crippen LogP contribution < -0.4 is 4.74 Å². The van der Waals surface area contributed by atoms with E-state index in [0.717, 1.165) is 25.0 Å². The van der Waals surface area contributed by atoms with Gasteiger partial charge in [-0.2, -0.15) is 0 Å². The van der Waals surface area contributed by atoms with Gasteiger partial charge in [0.1, 0.15) is 12.4 Å². The number of ether oxygens (including phenoxy) is 2. The van der Waals surface area contributed by atoms with E-state index < -0.39 is 0 Å². The van der Waals surface area contributed by atoms with Crippen molar-refractivity contribution in [2.75, 3.05) is 13.7 Å². The molecule has 2 aliphatic heterocycles. The van der Waals surface area contributed by atoms with Crippen LogP contribution in [-0.4, -0.2) is 36.8 Å². The molecule has 2 unspecified atom stereocenters. The quantitative estimate of drug-likeness (QED) is 0.450. The fourth-order valence-electron chi connectivity index (χ4n) is 6.11.